The molecule has 2 N–H and O–H groups in total. The molecule has 0 radical (unpaired) electrons. The number of pyridine rings is 1. The molecular formula is C25H25FN6O4. The Bertz CT molecular complexity index is 1390. The highest BCUT2D eigenvalue weighted by Gasteiger charge is 2.22. The van der Waals surface area contributed by atoms with E-state index >= 15 is 0 Å². The van der Waals surface area contributed by atoms with E-state index < -0.39 is 11.8 Å². The molecular weight excluding hydrogens is 467 g/mol. The summed E-state index contributed by atoms with van der Waals surface area (Å²) in [6, 6.07) is 7.91. The van der Waals surface area contributed by atoms with Gasteiger partial charge in [0.2, 0.25) is 5.88 Å². The minimum absolute atomic E-state index is 0.0344. The van der Waals surface area contributed by atoms with Gasteiger partial charge < -0.3 is 19.9 Å². The van der Waals surface area contributed by atoms with Crippen molar-refractivity contribution in [3.8, 4) is 23.1 Å². The lowest BCUT2D eigenvalue weighted by atomic mass is 10.1. The first-order valence-corrected chi connectivity index (χ1v) is 11.3. The number of aromatic nitrogens is 5. The molecule has 0 saturated carbocycles. The largest absolute Gasteiger partial charge is 0.493 e. The Kier molecular flexibility index (Phi) is 7.38. The van der Waals surface area contributed by atoms with Crippen LogP contribution in [-0.4, -0.2) is 49.5 Å². The Labute approximate surface area is 206 Å². The van der Waals surface area contributed by atoms with E-state index in [0.717, 1.165) is 0 Å². The Morgan fingerprint density at radius 3 is 2.72 bits per heavy atom. The summed E-state index contributed by atoms with van der Waals surface area (Å²) in [4.78, 5) is 25.3. The van der Waals surface area contributed by atoms with Gasteiger partial charge in [-0.15, -0.1) is 0 Å². The molecule has 0 aliphatic carbocycles. The Morgan fingerprint density at radius 2 is 2.00 bits per heavy atom. The maximum atomic E-state index is 14.2. The molecule has 4 aromatic rings. The van der Waals surface area contributed by atoms with E-state index in [4.69, 9.17) is 9.47 Å². The monoisotopic (exact) mass is 492 g/mol. The lowest BCUT2D eigenvalue weighted by Gasteiger charge is -2.13. The summed E-state index contributed by atoms with van der Waals surface area (Å²) in [7, 11) is 1.47. The van der Waals surface area contributed by atoms with E-state index in [0.29, 0.717) is 34.7 Å². The molecule has 0 atom stereocenters. The number of rotatable bonds is 9. The highest BCUT2D eigenvalue weighted by molar-refractivity contribution is 5.96. The van der Waals surface area contributed by atoms with E-state index in [-0.39, 0.29) is 36.2 Å². The zero-order valence-corrected chi connectivity index (χ0v) is 20.0. The van der Waals surface area contributed by atoms with Gasteiger partial charge >= 0.3 is 5.97 Å². The third-order valence-corrected chi connectivity index (χ3v) is 5.41. The molecule has 1 aromatic carbocycles. The fourth-order valence-corrected chi connectivity index (χ4v) is 3.62. The summed E-state index contributed by atoms with van der Waals surface area (Å²) in [6.07, 6.45) is 4.82. The number of nitrogens with one attached hydrogen (secondary N) is 1. The number of carbonyl (C=O) groups excluding carboxylic acids is 1. The van der Waals surface area contributed by atoms with Crippen molar-refractivity contribution in [3.05, 3.63) is 71.4 Å². The molecule has 0 spiro atoms. The second-order valence-corrected chi connectivity index (χ2v) is 7.63. The number of hydrogen-bond donors (Lipinski definition) is 2. The summed E-state index contributed by atoms with van der Waals surface area (Å²) >= 11 is 0. The van der Waals surface area contributed by atoms with Crippen LogP contribution in [0.5, 0.6) is 11.6 Å². The van der Waals surface area contributed by atoms with Crippen LogP contribution in [0.25, 0.3) is 11.5 Å². The van der Waals surface area contributed by atoms with E-state index in [2.05, 4.69) is 25.4 Å². The van der Waals surface area contributed by atoms with Crippen molar-refractivity contribution in [2.75, 3.05) is 19.0 Å². The average Bonchev–Trinajstić information content (AvgIpc) is 3.20. The molecule has 0 unspecified atom stereocenters. The van der Waals surface area contributed by atoms with Crippen LogP contribution in [0.15, 0.2) is 48.9 Å². The summed E-state index contributed by atoms with van der Waals surface area (Å²) < 4.78 is 26.0. The number of nitrogens with zero attached hydrogens (tertiary/aromatic N) is 5. The molecule has 4 rings (SSSR count). The molecule has 3 heterocycles. The Hall–Kier alpha value is -4.54. The average molecular weight is 493 g/mol. The van der Waals surface area contributed by atoms with Crippen LogP contribution < -0.4 is 10.1 Å². The first-order chi connectivity index (χ1) is 17.5. The van der Waals surface area contributed by atoms with E-state index in [1.165, 1.54) is 36.4 Å². The standard InChI is InChI=1S/C25H25FN6O4/c1-4-16-21(31-32(24(16)33)14-15-8-6-7-9-18(15)26)23-28-13-20(35-3)22(30-23)29-19-10-11-27-12-17(19)25(34)36-5-2/h6-13,33H,4-5,14H2,1-3H3,(H,27,28,29,30). The van der Waals surface area contributed by atoms with Gasteiger partial charge in [0.25, 0.3) is 0 Å². The summed E-state index contributed by atoms with van der Waals surface area (Å²) in [5, 5.41) is 18.4. The first-order valence-electron chi connectivity index (χ1n) is 11.3. The number of hydrogen-bond acceptors (Lipinski definition) is 9. The second kappa shape index (κ2) is 10.8. The minimum Gasteiger partial charge on any atom is -0.493 e. The summed E-state index contributed by atoms with van der Waals surface area (Å²) in [5.74, 6) is -0.226. The molecule has 10 nitrogen and oxygen atoms in total. The molecule has 3 aromatic heterocycles. The van der Waals surface area contributed by atoms with Gasteiger partial charge in [-0.1, -0.05) is 25.1 Å². The number of halogens is 1. The third kappa shape index (κ3) is 4.95. The quantitative estimate of drug-likeness (QED) is 0.332. The van der Waals surface area contributed by atoms with E-state index in [1.807, 2.05) is 6.92 Å². The molecule has 0 aliphatic heterocycles. The SMILES string of the molecule is CCOC(=O)c1cnccc1Nc1nc(-c2nn(Cc3ccccc3F)c(O)c2CC)ncc1OC. The lowest BCUT2D eigenvalue weighted by Crippen LogP contribution is -2.10. The maximum absolute atomic E-state index is 14.2. The van der Waals surface area contributed by atoms with Crippen LogP contribution in [0.4, 0.5) is 15.9 Å². The van der Waals surface area contributed by atoms with Crippen molar-refractivity contribution in [2.45, 2.75) is 26.8 Å². The lowest BCUT2D eigenvalue weighted by molar-refractivity contribution is 0.0527. The van der Waals surface area contributed by atoms with Gasteiger partial charge in [0.05, 0.1) is 32.1 Å². The van der Waals surface area contributed by atoms with Crippen LogP contribution in [-0.2, 0) is 17.7 Å². The van der Waals surface area contributed by atoms with Crippen molar-refractivity contribution < 1.29 is 23.8 Å². The van der Waals surface area contributed by atoms with Crippen LogP contribution in [0.2, 0.25) is 0 Å². The zero-order valence-electron chi connectivity index (χ0n) is 20.0. The van der Waals surface area contributed by atoms with Crippen molar-refractivity contribution in [1.29, 1.82) is 0 Å². The van der Waals surface area contributed by atoms with Crippen molar-refractivity contribution in [2.24, 2.45) is 0 Å². The highest BCUT2D eigenvalue weighted by Crippen LogP contribution is 2.33. The summed E-state index contributed by atoms with van der Waals surface area (Å²) in [6.45, 7) is 3.83. The number of methoxy groups -OCH3 is 1. The van der Waals surface area contributed by atoms with E-state index in [1.54, 1.807) is 31.2 Å². The van der Waals surface area contributed by atoms with Gasteiger partial charge in [0.15, 0.2) is 17.4 Å². The number of aromatic hydroxyl groups is 1. The van der Waals surface area contributed by atoms with Gasteiger partial charge in [0, 0.05) is 23.5 Å². The van der Waals surface area contributed by atoms with Crippen LogP contribution in [0, 0.1) is 5.82 Å². The smallest absolute Gasteiger partial charge is 0.341 e. The predicted octanol–water partition coefficient (Wildman–Crippen LogP) is 4.12. The molecule has 0 amide bonds. The fourth-order valence-electron chi connectivity index (χ4n) is 3.62. The van der Waals surface area contributed by atoms with Gasteiger partial charge in [-0.2, -0.15) is 5.10 Å². The molecule has 0 saturated heterocycles. The molecule has 11 heteroatoms. The van der Waals surface area contributed by atoms with Gasteiger partial charge in [-0.3, -0.25) is 4.98 Å². The highest BCUT2D eigenvalue weighted by atomic mass is 19.1. The van der Waals surface area contributed by atoms with Gasteiger partial charge in [0.1, 0.15) is 17.1 Å². The van der Waals surface area contributed by atoms with Crippen LogP contribution >= 0.6 is 0 Å². The topological polar surface area (TPSA) is 124 Å². The van der Waals surface area contributed by atoms with Crippen LogP contribution in [0.1, 0.15) is 35.3 Å². The normalized spacial score (nSPS) is 10.8. The predicted molar refractivity (Wildman–Crippen MR) is 130 cm³/mol. The van der Waals surface area contributed by atoms with Crippen molar-refractivity contribution in [1.82, 2.24) is 24.7 Å². The van der Waals surface area contributed by atoms with E-state index in [9.17, 15) is 14.3 Å². The number of benzene rings is 1. The maximum Gasteiger partial charge on any atom is 0.341 e. The molecule has 0 bridgehead atoms. The van der Waals surface area contributed by atoms with Crippen molar-refractivity contribution >= 4 is 17.5 Å². The Balaban J connectivity index is 1.73. The number of ether oxygens (including phenoxy) is 2. The molecule has 186 valence electrons. The first kappa shape index (κ1) is 24.6. The molecule has 0 fully saturated rings. The third-order valence-electron chi connectivity index (χ3n) is 5.41. The Morgan fingerprint density at radius 1 is 1.19 bits per heavy atom. The molecule has 0 aliphatic rings. The fraction of sp³-hybridized carbons (Fsp3) is 0.240. The second-order valence-electron chi connectivity index (χ2n) is 7.63. The van der Waals surface area contributed by atoms with Crippen molar-refractivity contribution in [3.63, 3.8) is 0 Å². The zero-order chi connectivity index (χ0) is 25.7. The summed E-state index contributed by atoms with van der Waals surface area (Å²) in [5.41, 5.74) is 1.88. The minimum atomic E-state index is -0.536. The number of esters is 1. The number of carbonyl (C=O) groups is 1. The molecule has 36 heavy (non-hydrogen) atoms. The number of anilines is 2. The van der Waals surface area contributed by atoms with Gasteiger partial charge in [-0.05, 0) is 25.5 Å². The van der Waals surface area contributed by atoms with Crippen LogP contribution in [0.3, 0.4) is 0 Å². The van der Waals surface area contributed by atoms with Gasteiger partial charge in [-0.25, -0.2) is 23.8 Å².